The van der Waals surface area contributed by atoms with E-state index in [-0.39, 0.29) is 0 Å². The van der Waals surface area contributed by atoms with Gasteiger partial charge in [0.25, 0.3) is 0 Å². The summed E-state index contributed by atoms with van der Waals surface area (Å²) in [6.07, 6.45) is 0. The number of anilines is 6. The number of hydrogen-bond acceptors (Lipinski definition) is 6. The molecule has 6 heteroatoms. The van der Waals surface area contributed by atoms with Gasteiger partial charge in [-0.1, -0.05) is 170 Å². The van der Waals surface area contributed by atoms with E-state index in [1.165, 1.54) is 0 Å². The molecule has 0 unspecified atom stereocenters. The Kier molecular flexibility index (Phi) is 8.86. The Hall–Kier alpha value is -9.78. The van der Waals surface area contributed by atoms with Crippen molar-refractivity contribution in [2.75, 3.05) is 9.80 Å². The molecular formula is C66H40N2O4. The van der Waals surface area contributed by atoms with Crippen molar-refractivity contribution in [1.29, 1.82) is 0 Å². The Balaban J connectivity index is 1.01. The zero-order valence-corrected chi connectivity index (χ0v) is 38.6. The second-order valence-corrected chi connectivity index (χ2v) is 18.3. The third kappa shape index (κ3) is 6.09. The summed E-state index contributed by atoms with van der Waals surface area (Å²) in [6.45, 7) is 0. The molecule has 11 aromatic carbocycles. The molecule has 15 rings (SSSR count). The van der Waals surface area contributed by atoms with Gasteiger partial charge in [0.2, 0.25) is 0 Å². The minimum absolute atomic E-state index is 0.742. The zero-order valence-electron chi connectivity index (χ0n) is 38.6. The summed E-state index contributed by atoms with van der Waals surface area (Å²) in [4.78, 5) is 4.60. The van der Waals surface area contributed by atoms with Gasteiger partial charge in [-0.15, -0.1) is 0 Å². The number of para-hydroxylation sites is 6. The molecular weight excluding hydrogens is 885 g/mol. The highest BCUT2D eigenvalue weighted by Gasteiger charge is 2.29. The fourth-order valence-corrected chi connectivity index (χ4v) is 11.1. The molecule has 4 heterocycles. The molecule has 0 spiro atoms. The van der Waals surface area contributed by atoms with Crippen molar-refractivity contribution >= 4 is 122 Å². The molecule has 0 radical (unpaired) electrons. The maximum atomic E-state index is 7.15. The molecule has 15 aromatic rings. The van der Waals surface area contributed by atoms with Crippen LogP contribution in [-0.4, -0.2) is 0 Å². The topological polar surface area (TPSA) is 59.0 Å². The van der Waals surface area contributed by atoms with Crippen LogP contribution < -0.4 is 9.80 Å². The van der Waals surface area contributed by atoms with Crippen molar-refractivity contribution in [3.63, 3.8) is 0 Å². The van der Waals surface area contributed by atoms with Crippen molar-refractivity contribution in [2.45, 2.75) is 0 Å². The first-order valence-corrected chi connectivity index (χ1v) is 24.2. The van der Waals surface area contributed by atoms with Crippen LogP contribution in [0.15, 0.2) is 260 Å². The quantitative estimate of drug-likeness (QED) is 0.151. The molecule has 0 atom stereocenters. The molecule has 338 valence electrons. The Morgan fingerprint density at radius 3 is 1.03 bits per heavy atom. The highest BCUT2D eigenvalue weighted by molar-refractivity contribution is 6.33. The molecule has 0 aliphatic carbocycles. The number of hydrogen-bond donors (Lipinski definition) is 0. The molecule has 0 saturated heterocycles. The molecule has 0 saturated carbocycles. The van der Waals surface area contributed by atoms with Gasteiger partial charge in [-0.3, -0.25) is 0 Å². The summed E-state index contributed by atoms with van der Waals surface area (Å²) in [5.74, 6) is 0. The third-order valence-corrected chi connectivity index (χ3v) is 14.2. The molecule has 0 N–H and O–H groups in total. The SMILES string of the molecule is c1ccc(-c2ccccc2N(c2ccccc2)c2cc3oc4cc5c(cc4c3c3c2oc2ccccc23)oc2cc(N(c3ccccc3)c3ccccc3-c3ccccc3)c3oc4ccccc4c3c25)cc1. The number of benzene rings is 11. The molecule has 0 bridgehead atoms. The lowest BCUT2D eigenvalue weighted by atomic mass is 9.99. The predicted octanol–water partition coefficient (Wildman–Crippen LogP) is 19.6. The summed E-state index contributed by atoms with van der Waals surface area (Å²) in [5.41, 5.74) is 16.3. The van der Waals surface area contributed by atoms with Crippen LogP contribution in [0, 0.1) is 0 Å². The second-order valence-electron chi connectivity index (χ2n) is 18.3. The van der Waals surface area contributed by atoms with Crippen LogP contribution >= 0.6 is 0 Å². The lowest BCUT2D eigenvalue weighted by Crippen LogP contribution is -2.11. The largest absolute Gasteiger partial charge is 0.456 e. The smallest absolute Gasteiger partial charge is 0.160 e. The molecule has 0 aliphatic rings. The Labute approximate surface area is 412 Å². The fourth-order valence-electron chi connectivity index (χ4n) is 11.1. The van der Waals surface area contributed by atoms with Crippen molar-refractivity contribution in [2.24, 2.45) is 0 Å². The van der Waals surface area contributed by atoms with E-state index in [9.17, 15) is 0 Å². The van der Waals surface area contributed by atoms with Crippen LogP contribution in [0.5, 0.6) is 0 Å². The van der Waals surface area contributed by atoms with Gasteiger partial charge in [0.05, 0.1) is 22.7 Å². The van der Waals surface area contributed by atoms with E-state index >= 15 is 0 Å². The monoisotopic (exact) mass is 924 g/mol. The van der Waals surface area contributed by atoms with Gasteiger partial charge >= 0.3 is 0 Å². The van der Waals surface area contributed by atoms with Gasteiger partial charge in [0.1, 0.15) is 33.5 Å². The van der Waals surface area contributed by atoms with E-state index in [1.807, 2.05) is 24.3 Å². The van der Waals surface area contributed by atoms with E-state index in [1.54, 1.807) is 0 Å². The van der Waals surface area contributed by atoms with E-state index in [0.717, 1.165) is 144 Å². The average molecular weight is 925 g/mol. The predicted molar refractivity (Wildman–Crippen MR) is 296 cm³/mol. The van der Waals surface area contributed by atoms with Gasteiger partial charge in [-0.25, -0.2) is 0 Å². The van der Waals surface area contributed by atoms with E-state index in [4.69, 9.17) is 17.7 Å². The maximum Gasteiger partial charge on any atom is 0.160 e. The van der Waals surface area contributed by atoms with Gasteiger partial charge < -0.3 is 27.5 Å². The lowest BCUT2D eigenvalue weighted by molar-refractivity contribution is 0.660. The number of nitrogens with zero attached hydrogens (tertiary/aromatic N) is 2. The van der Waals surface area contributed by atoms with E-state index in [0.29, 0.717) is 0 Å². The van der Waals surface area contributed by atoms with Crippen LogP contribution in [0.3, 0.4) is 0 Å². The average Bonchev–Trinajstić information content (AvgIpc) is 4.22. The van der Waals surface area contributed by atoms with Crippen LogP contribution in [-0.2, 0) is 0 Å². The summed E-state index contributed by atoms with van der Waals surface area (Å²) < 4.78 is 28.3. The third-order valence-electron chi connectivity index (χ3n) is 14.2. The van der Waals surface area contributed by atoms with Crippen LogP contribution in [0.25, 0.3) is 110 Å². The van der Waals surface area contributed by atoms with Gasteiger partial charge in [0, 0.05) is 77.7 Å². The van der Waals surface area contributed by atoms with E-state index in [2.05, 4.69) is 228 Å². The number of rotatable bonds is 8. The first-order chi connectivity index (χ1) is 35.7. The zero-order chi connectivity index (χ0) is 47.3. The lowest BCUT2D eigenvalue weighted by Gasteiger charge is -2.28. The molecule has 4 aromatic heterocycles. The van der Waals surface area contributed by atoms with E-state index < -0.39 is 0 Å². The van der Waals surface area contributed by atoms with Gasteiger partial charge in [0.15, 0.2) is 11.2 Å². The summed E-state index contributed by atoms with van der Waals surface area (Å²) in [7, 11) is 0. The number of fused-ring (bicyclic) bond motifs is 14. The summed E-state index contributed by atoms with van der Waals surface area (Å²) >= 11 is 0. The van der Waals surface area contributed by atoms with Gasteiger partial charge in [-0.05, 0) is 71.8 Å². The molecule has 0 amide bonds. The second kappa shape index (κ2) is 15.9. The minimum atomic E-state index is 0.742. The fraction of sp³-hybridized carbons (Fsp3) is 0. The summed E-state index contributed by atoms with van der Waals surface area (Å²) in [5, 5.41) is 7.77. The normalized spacial score (nSPS) is 11.9. The van der Waals surface area contributed by atoms with Crippen molar-refractivity contribution in [1.82, 2.24) is 0 Å². The Morgan fingerprint density at radius 1 is 0.236 bits per heavy atom. The molecule has 6 nitrogen and oxygen atoms in total. The highest BCUT2D eigenvalue weighted by Crippen LogP contribution is 2.53. The van der Waals surface area contributed by atoms with Gasteiger partial charge in [-0.2, -0.15) is 0 Å². The van der Waals surface area contributed by atoms with Crippen LogP contribution in [0.2, 0.25) is 0 Å². The van der Waals surface area contributed by atoms with Crippen LogP contribution in [0.4, 0.5) is 34.1 Å². The number of furan rings is 4. The standard InChI is InChI=1S/C66H40N2O4/c1-5-21-41(22-6-1)45-29-13-17-33-51(45)67(43-25-9-3-10-26-43)53-39-59-61(63-47-31-15-19-35-55(47)71-65(53)63)49-37-58-50(38-57(49)69-59)62-60(70-58)40-54(66-64(62)48-32-16-20-36-56(48)72-66)68(44-27-11-4-12-28-44)52-34-18-14-30-46(52)42-23-7-2-8-24-42/h1-40H. The Bertz CT molecular complexity index is 4270. The van der Waals surface area contributed by atoms with Crippen LogP contribution in [0.1, 0.15) is 0 Å². The minimum Gasteiger partial charge on any atom is -0.456 e. The highest BCUT2D eigenvalue weighted by atomic mass is 16.3. The van der Waals surface area contributed by atoms with Crippen molar-refractivity contribution < 1.29 is 17.7 Å². The maximum absolute atomic E-state index is 7.15. The summed E-state index contributed by atoms with van der Waals surface area (Å²) in [6, 6.07) is 84.4. The Morgan fingerprint density at radius 2 is 0.597 bits per heavy atom. The first-order valence-electron chi connectivity index (χ1n) is 24.2. The first kappa shape index (κ1) is 40.1. The molecule has 0 aliphatic heterocycles. The van der Waals surface area contributed by atoms with Crippen molar-refractivity contribution in [3.05, 3.63) is 243 Å². The molecule has 0 fully saturated rings. The van der Waals surface area contributed by atoms with Crippen molar-refractivity contribution in [3.8, 4) is 22.3 Å². The molecule has 72 heavy (non-hydrogen) atoms.